The molecule has 1 heterocycles. The first kappa shape index (κ1) is 12.3. The first-order valence-electron chi connectivity index (χ1n) is 7.14. The van der Waals surface area contributed by atoms with Crippen molar-refractivity contribution < 1.29 is 4.74 Å². The minimum atomic E-state index is 0.0492. The fourth-order valence-electron chi connectivity index (χ4n) is 2.88. The van der Waals surface area contributed by atoms with E-state index in [9.17, 15) is 0 Å². The number of hydrogen-bond donors (Lipinski definition) is 2. The molecule has 4 nitrogen and oxygen atoms in total. The lowest BCUT2D eigenvalue weighted by molar-refractivity contribution is 0.315. The molecular weight excluding hydrogens is 238 g/mol. The molecule has 1 saturated carbocycles. The van der Waals surface area contributed by atoms with Crippen molar-refractivity contribution in [3.63, 3.8) is 0 Å². The Morgan fingerprint density at radius 1 is 1.21 bits per heavy atom. The van der Waals surface area contributed by atoms with Gasteiger partial charge in [0.1, 0.15) is 12.6 Å². The first-order valence-corrected chi connectivity index (χ1v) is 7.14. The van der Waals surface area contributed by atoms with E-state index in [4.69, 9.17) is 10.5 Å². The maximum Gasteiger partial charge on any atom is 0.282 e. The molecule has 0 radical (unpaired) electrons. The Kier molecular flexibility index (Phi) is 3.58. The fourth-order valence-corrected chi connectivity index (χ4v) is 2.88. The molecular formula is C15H21N3O. The van der Waals surface area contributed by atoms with E-state index in [0.29, 0.717) is 18.7 Å². The van der Waals surface area contributed by atoms with Crippen LogP contribution in [0.3, 0.4) is 0 Å². The molecule has 0 bridgehead atoms. The highest BCUT2D eigenvalue weighted by Gasteiger charge is 2.19. The second kappa shape index (κ2) is 5.51. The third kappa shape index (κ3) is 3.00. The van der Waals surface area contributed by atoms with Crippen molar-refractivity contribution >= 4 is 11.7 Å². The van der Waals surface area contributed by atoms with Gasteiger partial charge in [-0.3, -0.25) is 0 Å². The van der Waals surface area contributed by atoms with Gasteiger partial charge in [-0.1, -0.05) is 31.4 Å². The van der Waals surface area contributed by atoms with Crippen molar-refractivity contribution in [3.05, 3.63) is 29.8 Å². The quantitative estimate of drug-likeness (QED) is 0.877. The number of hydrogen-bond acceptors (Lipinski definition) is 4. The van der Waals surface area contributed by atoms with Crippen molar-refractivity contribution in [1.82, 2.24) is 0 Å². The Balaban J connectivity index is 1.69. The molecule has 3 rings (SSSR count). The number of anilines is 1. The van der Waals surface area contributed by atoms with Gasteiger partial charge in [-0.05, 0) is 30.5 Å². The number of benzene rings is 1. The average molecular weight is 259 g/mol. The largest absolute Gasteiger partial charge is 0.463 e. The molecule has 4 heteroatoms. The molecule has 0 saturated heterocycles. The van der Waals surface area contributed by atoms with Gasteiger partial charge in [0.2, 0.25) is 0 Å². The van der Waals surface area contributed by atoms with Crippen LogP contribution in [0.1, 0.15) is 43.7 Å². The van der Waals surface area contributed by atoms with Crippen LogP contribution in [0.15, 0.2) is 29.3 Å². The number of amidine groups is 1. The molecule has 0 spiro atoms. The van der Waals surface area contributed by atoms with Crippen molar-refractivity contribution in [2.24, 2.45) is 10.7 Å². The summed E-state index contributed by atoms with van der Waals surface area (Å²) >= 11 is 0. The monoisotopic (exact) mass is 259 g/mol. The zero-order chi connectivity index (χ0) is 13.1. The van der Waals surface area contributed by atoms with Crippen LogP contribution < -0.4 is 11.1 Å². The topological polar surface area (TPSA) is 59.6 Å². The van der Waals surface area contributed by atoms with Crippen LogP contribution in [0.25, 0.3) is 0 Å². The standard InChI is InChI=1S/C15H21N3O/c16-15-18-14(10-19-15)11-5-4-8-13(9-11)17-12-6-2-1-3-7-12/h4-5,8-9,12,14,17H,1-3,6-7,10H2,(H2,16,18)/t14-/m1/s1. The summed E-state index contributed by atoms with van der Waals surface area (Å²) in [7, 11) is 0. The second-order valence-corrected chi connectivity index (χ2v) is 5.40. The summed E-state index contributed by atoms with van der Waals surface area (Å²) in [6.45, 7) is 0.554. The number of rotatable bonds is 3. The zero-order valence-corrected chi connectivity index (χ0v) is 11.1. The summed E-state index contributed by atoms with van der Waals surface area (Å²) in [6.07, 6.45) is 6.62. The number of aliphatic imine (C=N–C) groups is 1. The number of ether oxygens (including phenoxy) is 1. The van der Waals surface area contributed by atoms with Gasteiger partial charge < -0.3 is 15.8 Å². The third-order valence-corrected chi connectivity index (χ3v) is 3.92. The SMILES string of the molecule is NC1=N[C@@H](c2cccc(NC3CCCCC3)c2)CO1. The lowest BCUT2D eigenvalue weighted by Crippen LogP contribution is -2.22. The van der Waals surface area contributed by atoms with Crippen LogP contribution >= 0.6 is 0 Å². The maximum absolute atomic E-state index is 5.56. The van der Waals surface area contributed by atoms with Gasteiger partial charge >= 0.3 is 0 Å². The Bertz CT molecular complexity index is 466. The second-order valence-electron chi connectivity index (χ2n) is 5.40. The van der Waals surface area contributed by atoms with E-state index in [-0.39, 0.29) is 6.04 Å². The van der Waals surface area contributed by atoms with E-state index in [1.165, 1.54) is 43.4 Å². The van der Waals surface area contributed by atoms with E-state index in [1.54, 1.807) is 0 Å². The number of nitrogens with two attached hydrogens (primary N) is 1. The van der Waals surface area contributed by atoms with Crippen LogP contribution in [0.5, 0.6) is 0 Å². The van der Waals surface area contributed by atoms with E-state index in [2.05, 4.69) is 34.6 Å². The van der Waals surface area contributed by atoms with E-state index >= 15 is 0 Å². The molecule has 1 aromatic carbocycles. The minimum absolute atomic E-state index is 0.0492. The Morgan fingerprint density at radius 2 is 2.05 bits per heavy atom. The van der Waals surface area contributed by atoms with Crippen LogP contribution in [0.2, 0.25) is 0 Å². The summed E-state index contributed by atoms with van der Waals surface area (Å²) in [4.78, 5) is 4.29. The molecule has 1 aliphatic carbocycles. The normalized spacial score (nSPS) is 23.8. The molecule has 3 N–H and O–H groups in total. The van der Waals surface area contributed by atoms with Gasteiger partial charge in [0, 0.05) is 11.7 Å². The van der Waals surface area contributed by atoms with Crippen molar-refractivity contribution in [1.29, 1.82) is 0 Å². The Labute approximate surface area is 114 Å². The highest BCUT2D eigenvalue weighted by Crippen LogP contribution is 2.26. The molecule has 0 unspecified atom stereocenters. The highest BCUT2D eigenvalue weighted by atomic mass is 16.5. The lowest BCUT2D eigenvalue weighted by Gasteiger charge is -2.24. The van der Waals surface area contributed by atoms with Crippen LogP contribution in [0, 0.1) is 0 Å². The van der Waals surface area contributed by atoms with Crippen LogP contribution in [0.4, 0.5) is 5.69 Å². The van der Waals surface area contributed by atoms with Gasteiger partial charge in [0.25, 0.3) is 6.02 Å². The molecule has 0 amide bonds. The van der Waals surface area contributed by atoms with Crippen LogP contribution in [-0.4, -0.2) is 18.7 Å². The zero-order valence-electron chi connectivity index (χ0n) is 11.1. The van der Waals surface area contributed by atoms with Crippen molar-refractivity contribution in [2.45, 2.75) is 44.2 Å². The number of nitrogens with zero attached hydrogens (tertiary/aromatic N) is 1. The predicted octanol–water partition coefficient (Wildman–Crippen LogP) is 2.82. The molecule has 0 aromatic heterocycles. The maximum atomic E-state index is 5.56. The summed E-state index contributed by atoms with van der Waals surface area (Å²) in [6, 6.07) is 9.43. The lowest BCUT2D eigenvalue weighted by atomic mass is 9.95. The summed E-state index contributed by atoms with van der Waals surface area (Å²) in [5.41, 5.74) is 7.92. The Morgan fingerprint density at radius 3 is 2.79 bits per heavy atom. The summed E-state index contributed by atoms with van der Waals surface area (Å²) < 4.78 is 5.22. The summed E-state index contributed by atoms with van der Waals surface area (Å²) in [5, 5.41) is 3.64. The third-order valence-electron chi connectivity index (χ3n) is 3.92. The Hall–Kier alpha value is -1.71. The fraction of sp³-hybridized carbons (Fsp3) is 0.533. The van der Waals surface area contributed by atoms with Gasteiger partial charge in [-0.25, -0.2) is 4.99 Å². The van der Waals surface area contributed by atoms with Gasteiger partial charge in [-0.2, -0.15) is 0 Å². The van der Waals surface area contributed by atoms with Gasteiger partial charge in [0.05, 0.1) is 0 Å². The smallest absolute Gasteiger partial charge is 0.282 e. The molecule has 102 valence electrons. The average Bonchev–Trinajstić information content (AvgIpc) is 2.87. The molecule has 2 aliphatic rings. The predicted molar refractivity (Wildman–Crippen MR) is 77.3 cm³/mol. The van der Waals surface area contributed by atoms with Crippen LogP contribution in [-0.2, 0) is 4.74 Å². The van der Waals surface area contributed by atoms with E-state index < -0.39 is 0 Å². The minimum Gasteiger partial charge on any atom is -0.463 e. The van der Waals surface area contributed by atoms with Crippen molar-refractivity contribution in [2.75, 3.05) is 11.9 Å². The highest BCUT2D eigenvalue weighted by molar-refractivity contribution is 5.73. The molecule has 1 aromatic rings. The van der Waals surface area contributed by atoms with Gasteiger partial charge in [-0.15, -0.1) is 0 Å². The number of nitrogens with one attached hydrogen (secondary N) is 1. The first-order chi connectivity index (χ1) is 9.31. The molecule has 1 aliphatic heterocycles. The van der Waals surface area contributed by atoms with Crippen molar-refractivity contribution in [3.8, 4) is 0 Å². The molecule has 1 fully saturated rings. The molecule has 19 heavy (non-hydrogen) atoms. The van der Waals surface area contributed by atoms with E-state index in [1.807, 2.05) is 0 Å². The molecule has 1 atom stereocenters. The summed E-state index contributed by atoms with van der Waals surface area (Å²) in [5.74, 6) is 0. The van der Waals surface area contributed by atoms with E-state index in [0.717, 1.165) is 0 Å². The van der Waals surface area contributed by atoms with Gasteiger partial charge in [0.15, 0.2) is 0 Å².